The number of carbonyl (C=O) groups excluding carboxylic acids is 1. The minimum atomic E-state index is -0.406. The van der Waals surface area contributed by atoms with Crippen molar-refractivity contribution in [2.24, 2.45) is 5.92 Å². The Morgan fingerprint density at radius 2 is 1.69 bits per heavy atom. The highest BCUT2D eigenvalue weighted by Gasteiger charge is 2.28. The van der Waals surface area contributed by atoms with Crippen LogP contribution in [0.25, 0.3) is 11.3 Å². The first-order valence-electron chi connectivity index (χ1n) is 13.3. The SMILES string of the molecule is COC(C)(C)c1cc(-c2cc(C(=O)NC3COC3)c(C)n2CC2CCCCC2)cc(C(C)(C)C)c1. The Morgan fingerprint density at radius 3 is 2.26 bits per heavy atom. The number of nitrogens with one attached hydrogen (secondary N) is 1. The predicted molar refractivity (Wildman–Crippen MR) is 142 cm³/mol. The second-order valence-electron chi connectivity index (χ2n) is 12.1. The van der Waals surface area contributed by atoms with Crippen molar-refractivity contribution in [3.05, 3.63) is 46.6 Å². The van der Waals surface area contributed by atoms with Gasteiger partial charge in [-0.25, -0.2) is 0 Å². The molecule has 5 nitrogen and oxygen atoms in total. The van der Waals surface area contributed by atoms with E-state index in [-0.39, 0.29) is 17.4 Å². The van der Waals surface area contributed by atoms with Crippen molar-refractivity contribution in [2.45, 2.75) is 97.2 Å². The number of hydrogen-bond donors (Lipinski definition) is 1. The summed E-state index contributed by atoms with van der Waals surface area (Å²) in [4.78, 5) is 13.3. The Morgan fingerprint density at radius 1 is 1.03 bits per heavy atom. The van der Waals surface area contributed by atoms with Crippen LogP contribution in [0.3, 0.4) is 0 Å². The molecule has 0 unspecified atom stereocenters. The first-order valence-corrected chi connectivity index (χ1v) is 13.3. The number of amides is 1. The summed E-state index contributed by atoms with van der Waals surface area (Å²) >= 11 is 0. The molecule has 1 saturated heterocycles. The van der Waals surface area contributed by atoms with E-state index in [9.17, 15) is 4.79 Å². The Kier molecular flexibility index (Phi) is 7.49. The van der Waals surface area contributed by atoms with Gasteiger partial charge in [-0.15, -0.1) is 0 Å². The molecule has 1 aliphatic carbocycles. The summed E-state index contributed by atoms with van der Waals surface area (Å²) < 4.78 is 13.6. The summed E-state index contributed by atoms with van der Waals surface area (Å²) in [7, 11) is 1.77. The molecule has 1 aromatic carbocycles. The largest absolute Gasteiger partial charge is 0.377 e. The molecule has 2 heterocycles. The molecule has 1 saturated carbocycles. The van der Waals surface area contributed by atoms with Gasteiger partial charge in [-0.2, -0.15) is 0 Å². The molecule has 2 fully saturated rings. The molecule has 1 aromatic heterocycles. The van der Waals surface area contributed by atoms with Gasteiger partial charge in [0.2, 0.25) is 0 Å². The van der Waals surface area contributed by atoms with Gasteiger partial charge >= 0.3 is 0 Å². The van der Waals surface area contributed by atoms with E-state index < -0.39 is 5.60 Å². The van der Waals surface area contributed by atoms with Crippen LogP contribution >= 0.6 is 0 Å². The van der Waals surface area contributed by atoms with Gasteiger partial charge in [0, 0.05) is 25.0 Å². The highest BCUT2D eigenvalue weighted by atomic mass is 16.5. The lowest BCUT2D eigenvalue weighted by molar-refractivity contribution is -0.00347. The van der Waals surface area contributed by atoms with E-state index >= 15 is 0 Å². The summed E-state index contributed by atoms with van der Waals surface area (Å²) in [6.45, 7) is 15.3. The second-order valence-corrected chi connectivity index (χ2v) is 12.1. The lowest BCUT2D eigenvalue weighted by Crippen LogP contribution is -2.48. The molecule has 0 spiro atoms. The van der Waals surface area contributed by atoms with Crippen molar-refractivity contribution in [1.82, 2.24) is 9.88 Å². The molecule has 0 bridgehead atoms. The number of aromatic nitrogens is 1. The van der Waals surface area contributed by atoms with Gasteiger partial charge in [0.15, 0.2) is 0 Å². The first kappa shape index (κ1) is 26.0. The molecule has 5 heteroatoms. The van der Waals surface area contributed by atoms with Crippen LogP contribution < -0.4 is 5.32 Å². The van der Waals surface area contributed by atoms with Crippen LogP contribution in [-0.2, 0) is 27.0 Å². The third-order valence-electron chi connectivity index (χ3n) is 8.05. The molecule has 2 aromatic rings. The van der Waals surface area contributed by atoms with Crippen molar-refractivity contribution in [3.8, 4) is 11.3 Å². The number of methoxy groups -OCH3 is 1. The Hall–Kier alpha value is -2.11. The molecule has 0 radical (unpaired) electrons. The van der Waals surface area contributed by atoms with Gasteiger partial charge in [0.1, 0.15) is 0 Å². The van der Waals surface area contributed by atoms with Crippen LogP contribution in [0.1, 0.15) is 93.9 Å². The molecule has 192 valence electrons. The van der Waals surface area contributed by atoms with E-state index in [2.05, 4.69) is 75.7 Å². The van der Waals surface area contributed by atoms with Gasteiger partial charge in [0.05, 0.1) is 30.4 Å². The Balaban J connectivity index is 1.82. The van der Waals surface area contributed by atoms with E-state index in [1.807, 2.05) is 0 Å². The predicted octanol–water partition coefficient (Wildman–Crippen LogP) is 6.35. The Bertz CT molecular complexity index is 1050. The van der Waals surface area contributed by atoms with Crippen LogP contribution in [0.4, 0.5) is 0 Å². The number of ether oxygens (including phenoxy) is 2. The number of rotatable bonds is 7. The van der Waals surface area contributed by atoms with Crippen molar-refractivity contribution >= 4 is 5.91 Å². The maximum absolute atomic E-state index is 13.3. The fourth-order valence-electron chi connectivity index (χ4n) is 5.23. The number of hydrogen-bond acceptors (Lipinski definition) is 3. The summed E-state index contributed by atoms with van der Waals surface area (Å²) in [5.74, 6) is 0.661. The molecule has 1 N–H and O–H groups in total. The average Bonchev–Trinajstić information content (AvgIpc) is 3.12. The quantitative estimate of drug-likeness (QED) is 0.502. The normalized spacial score (nSPS) is 17.9. The minimum absolute atomic E-state index is 0.00358. The van der Waals surface area contributed by atoms with Crippen LogP contribution in [0.2, 0.25) is 0 Å². The van der Waals surface area contributed by atoms with Crippen LogP contribution in [0, 0.1) is 12.8 Å². The highest BCUT2D eigenvalue weighted by Crippen LogP contribution is 2.37. The van der Waals surface area contributed by atoms with E-state index in [0.717, 1.165) is 34.6 Å². The zero-order chi connectivity index (χ0) is 25.4. The van der Waals surface area contributed by atoms with Crippen LogP contribution in [0.15, 0.2) is 24.3 Å². The van der Waals surface area contributed by atoms with Gasteiger partial charge in [0.25, 0.3) is 5.91 Å². The average molecular weight is 481 g/mol. The summed E-state index contributed by atoms with van der Waals surface area (Å²) in [6, 6.07) is 9.07. The standard InChI is InChI=1S/C30H44N2O3/c1-20-26(28(33)31-25-18-35-19-25)16-27(32(20)17-21-11-9-8-10-12-21)22-13-23(29(2,3)4)15-24(14-22)30(5,6)34-7/h13-16,21,25H,8-12,17-19H2,1-7H3,(H,31,33). The van der Waals surface area contributed by atoms with Crippen LogP contribution in [0.5, 0.6) is 0 Å². The third-order valence-corrected chi connectivity index (χ3v) is 8.05. The number of nitrogens with zero attached hydrogens (tertiary/aromatic N) is 1. The lowest BCUT2D eigenvalue weighted by Gasteiger charge is -2.29. The van der Waals surface area contributed by atoms with Crippen LogP contribution in [-0.4, -0.2) is 36.8 Å². The topological polar surface area (TPSA) is 52.5 Å². The van der Waals surface area contributed by atoms with Gasteiger partial charge in [-0.1, -0.05) is 46.1 Å². The summed E-state index contributed by atoms with van der Waals surface area (Å²) in [5.41, 5.74) is 6.13. The monoisotopic (exact) mass is 480 g/mol. The summed E-state index contributed by atoms with van der Waals surface area (Å²) in [5, 5.41) is 3.15. The number of carbonyl (C=O) groups is 1. The van der Waals surface area contributed by atoms with Crippen molar-refractivity contribution < 1.29 is 14.3 Å². The van der Waals surface area contributed by atoms with Gasteiger partial charge in [-0.05, 0) is 79.8 Å². The molecule has 35 heavy (non-hydrogen) atoms. The van der Waals surface area contributed by atoms with E-state index in [0.29, 0.717) is 19.1 Å². The molecule has 1 amide bonds. The molecule has 2 aliphatic rings. The van der Waals surface area contributed by atoms with E-state index in [1.165, 1.54) is 37.7 Å². The lowest BCUT2D eigenvalue weighted by atomic mass is 9.82. The van der Waals surface area contributed by atoms with E-state index in [1.54, 1.807) is 7.11 Å². The second kappa shape index (κ2) is 10.1. The zero-order valence-corrected chi connectivity index (χ0v) is 22.8. The maximum Gasteiger partial charge on any atom is 0.253 e. The third kappa shape index (κ3) is 5.67. The smallest absolute Gasteiger partial charge is 0.253 e. The molecule has 0 atom stereocenters. The molecular formula is C30H44N2O3. The summed E-state index contributed by atoms with van der Waals surface area (Å²) in [6.07, 6.45) is 6.49. The van der Waals surface area contributed by atoms with Crippen molar-refractivity contribution in [3.63, 3.8) is 0 Å². The molecule has 4 rings (SSSR count). The molecular weight excluding hydrogens is 436 g/mol. The fourth-order valence-corrected chi connectivity index (χ4v) is 5.23. The maximum atomic E-state index is 13.3. The zero-order valence-electron chi connectivity index (χ0n) is 22.8. The molecule has 1 aliphatic heterocycles. The number of benzene rings is 1. The highest BCUT2D eigenvalue weighted by molar-refractivity contribution is 5.97. The van der Waals surface area contributed by atoms with Crippen molar-refractivity contribution in [1.29, 1.82) is 0 Å². The minimum Gasteiger partial charge on any atom is -0.377 e. The fraction of sp³-hybridized carbons (Fsp3) is 0.633. The first-order chi connectivity index (χ1) is 16.5. The van der Waals surface area contributed by atoms with Crippen molar-refractivity contribution in [2.75, 3.05) is 20.3 Å². The van der Waals surface area contributed by atoms with Gasteiger partial charge in [-0.3, -0.25) is 4.79 Å². The Labute approximate surface area is 211 Å². The van der Waals surface area contributed by atoms with Gasteiger partial charge < -0.3 is 19.4 Å². The van der Waals surface area contributed by atoms with E-state index in [4.69, 9.17) is 9.47 Å².